The first-order valence-corrected chi connectivity index (χ1v) is 7.72. The number of phenols is 1. The van der Waals surface area contributed by atoms with Crippen molar-refractivity contribution in [2.75, 3.05) is 6.61 Å². The van der Waals surface area contributed by atoms with Gasteiger partial charge in [0.15, 0.2) is 0 Å². The second-order valence-electron chi connectivity index (χ2n) is 5.11. The second kappa shape index (κ2) is 7.88. The van der Waals surface area contributed by atoms with Gasteiger partial charge in [-0.05, 0) is 42.3 Å². The molecule has 0 aliphatic heterocycles. The number of ether oxygens (including phenoxy) is 2. The van der Waals surface area contributed by atoms with Crippen molar-refractivity contribution < 1.29 is 19.4 Å². The summed E-state index contributed by atoms with van der Waals surface area (Å²) in [4.78, 5) is 10.8. The fraction of sp³-hybridized carbons (Fsp3) is 0.278. The van der Waals surface area contributed by atoms with E-state index in [1.807, 2.05) is 31.2 Å². The molecule has 0 aromatic heterocycles. The van der Waals surface area contributed by atoms with E-state index in [4.69, 9.17) is 21.1 Å². The van der Waals surface area contributed by atoms with E-state index in [1.165, 1.54) is 6.92 Å². The SMILES string of the molecule is CCOc1ccc(Cc2c(O)cc(COC(C)=O)cc2Cl)cc1. The third kappa shape index (κ3) is 4.89. The average molecular weight is 335 g/mol. The number of hydrogen-bond acceptors (Lipinski definition) is 4. The highest BCUT2D eigenvalue weighted by molar-refractivity contribution is 6.31. The Bertz CT molecular complexity index is 657. The highest BCUT2D eigenvalue weighted by atomic mass is 35.5. The number of carbonyl (C=O) groups is 1. The lowest BCUT2D eigenvalue weighted by molar-refractivity contribution is -0.142. The number of carbonyl (C=O) groups excluding carboxylic acids is 1. The Morgan fingerprint density at radius 3 is 2.43 bits per heavy atom. The number of aromatic hydroxyl groups is 1. The van der Waals surface area contributed by atoms with Crippen molar-refractivity contribution in [3.05, 3.63) is 58.1 Å². The van der Waals surface area contributed by atoms with Crippen LogP contribution in [0.15, 0.2) is 36.4 Å². The number of esters is 1. The molecule has 2 aromatic carbocycles. The first-order valence-electron chi connectivity index (χ1n) is 7.35. The van der Waals surface area contributed by atoms with Crippen LogP contribution < -0.4 is 4.74 Å². The summed E-state index contributed by atoms with van der Waals surface area (Å²) in [5, 5.41) is 10.6. The van der Waals surface area contributed by atoms with Crippen molar-refractivity contribution in [2.24, 2.45) is 0 Å². The van der Waals surface area contributed by atoms with Crippen molar-refractivity contribution in [2.45, 2.75) is 26.9 Å². The average Bonchev–Trinajstić information content (AvgIpc) is 2.51. The normalized spacial score (nSPS) is 10.4. The highest BCUT2D eigenvalue weighted by Gasteiger charge is 2.11. The molecule has 0 bridgehead atoms. The van der Waals surface area contributed by atoms with Gasteiger partial charge in [-0.15, -0.1) is 0 Å². The van der Waals surface area contributed by atoms with E-state index in [9.17, 15) is 9.90 Å². The van der Waals surface area contributed by atoms with Gasteiger partial charge in [-0.25, -0.2) is 0 Å². The maximum atomic E-state index is 10.8. The van der Waals surface area contributed by atoms with Crippen LogP contribution in [0.2, 0.25) is 5.02 Å². The minimum Gasteiger partial charge on any atom is -0.508 e. The van der Waals surface area contributed by atoms with E-state index in [2.05, 4.69) is 0 Å². The Morgan fingerprint density at radius 2 is 1.87 bits per heavy atom. The van der Waals surface area contributed by atoms with Crippen molar-refractivity contribution in [3.8, 4) is 11.5 Å². The molecule has 0 aliphatic carbocycles. The Balaban J connectivity index is 2.14. The molecular weight excluding hydrogens is 316 g/mol. The van der Waals surface area contributed by atoms with Gasteiger partial charge >= 0.3 is 5.97 Å². The van der Waals surface area contributed by atoms with E-state index in [0.717, 1.165) is 11.3 Å². The van der Waals surface area contributed by atoms with Crippen LogP contribution in [0.5, 0.6) is 11.5 Å². The molecule has 0 heterocycles. The van der Waals surface area contributed by atoms with Crippen molar-refractivity contribution in [1.82, 2.24) is 0 Å². The number of hydrogen-bond donors (Lipinski definition) is 1. The van der Waals surface area contributed by atoms with Gasteiger partial charge in [0, 0.05) is 23.9 Å². The largest absolute Gasteiger partial charge is 0.508 e. The molecule has 0 fully saturated rings. The van der Waals surface area contributed by atoms with E-state index in [0.29, 0.717) is 29.2 Å². The van der Waals surface area contributed by atoms with Crippen LogP contribution in [0, 0.1) is 0 Å². The smallest absolute Gasteiger partial charge is 0.302 e. The molecule has 4 nitrogen and oxygen atoms in total. The van der Waals surface area contributed by atoms with Crippen LogP contribution in [0.4, 0.5) is 0 Å². The van der Waals surface area contributed by atoms with Gasteiger partial charge in [-0.1, -0.05) is 23.7 Å². The molecule has 0 saturated carbocycles. The maximum absolute atomic E-state index is 10.8. The molecule has 0 radical (unpaired) electrons. The Labute approximate surface area is 140 Å². The Hall–Kier alpha value is -2.20. The molecular formula is C18H19ClO4. The number of phenolic OH excluding ortho intramolecular Hbond substituents is 1. The molecule has 0 saturated heterocycles. The molecule has 0 aliphatic rings. The summed E-state index contributed by atoms with van der Waals surface area (Å²) < 4.78 is 10.3. The molecule has 0 atom stereocenters. The van der Waals surface area contributed by atoms with E-state index < -0.39 is 0 Å². The summed E-state index contributed by atoms with van der Waals surface area (Å²) in [7, 11) is 0. The minimum atomic E-state index is -0.376. The van der Waals surface area contributed by atoms with E-state index >= 15 is 0 Å². The molecule has 23 heavy (non-hydrogen) atoms. The summed E-state index contributed by atoms with van der Waals surface area (Å²) in [5.74, 6) is 0.524. The quantitative estimate of drug-likeness (QED) is 0.808. The monoisotopic (exact) mass is 334 g/mol. The molecule has 0 amide bonds. The zero-order chi connectivity index (χ0) is 16.8. The Kier molecular flexibility index (Phi) is 5.88. The zero-order valence-corrected chi connectivity index (χ0v) is 13.9. The van der Waals surface area contributed by atoms with Gasteiger partial charge in [0.25, 0.3) is 0 Å². The summed E-state index contributed by atoms with van der Waals surface area (Å²) >= 11 is 6.26. The first kappa shape index (κ1) is 17.2. The lowest BCUT2D eigenvalue weighted by Gasteiger charge is -2.11. The van der Waals surface area contributed by atoms with Crippen molar-refractivity contribution in [1.29, 1.82) is 0 Å². The maximum Gasteiger partial charge on any atom is 0.302 e. The minimum absolute atomic E-state index is 0.0892. The predicted molar refractivity (Wildman–Crippen MR) is 89.0 cm³/mol. The summed E-state index contributed by atoms with van der Waals surface area (Å²) in [6, 6.07) is 10.9. The second-order valence-corrected chi connectivity index (χ2v) is 5.52. The van der Waals surface area contributed by atoms with Gasteiger partial charge in [-0.3, -0.25) is 4.79 Å². The van der Waals surface area contributed by atoms with Gasteiger partial charge in [-0.2, -0.15) is 0 Å². The van der Waals surface area contributed by atoms with E-state index in [1.54, 1.807) is 12.1 Å². The van der Waals surface area contributed by atoms with E-state index in [-0.39, 0.29) is 18.3 Å². The van der Waals surface area contributed by atoms with Crippen LogP contribution in [-0.2, 0) is 22.6 Å². The highest BCUT2D eigenvalue weighted by Crippen LogP contribution is 2.30. The first-order chi connectivity index (χ1) is 11.0. The van der Waals surface area contributed by atoms with Crippen LogP contribution in [0.3, 0.4) is 0 Å². The van der Waals surface area contributed by atoms with Crippen molar-refractivity contribution in [3.63, 3.8) is 0 Å². The van der Waals surface area contributed by atoms with Crippen LogP contribution >= 0.6 is 11.6 Å². The lowest BCUT2D eigenvalue weighted by Crippen LogP contribution is -2.00. The van der Waals surface area contributed by atoms with Gasteiger partial charge in [0.05, 0.1) is 6.61 Å². The number of rotatable bonds is 6. The molecule has 122 valence electrons. The topological polar surface area (TPSA) is 55.8 Å². The summed E-state index contributed by atoms with van der Waals surface area (Å²) in [5.41, 5.74) is 2.30. The Morgan fingerprint density at radius 1 is 1.17 bits per heavy atom. The summed E-state index contributed by atoms with van der Waals surface area (Å²) in [6.45, 7) is 3.98. The third-order valence-corrected chi connectivity index (χ3v) is 3.63. The fourth-order valence-electron chi connectivity index (χ4n) is 2.19. The zero-order valence-electron chi connectivity index (χ0n) is 13.1. The van der Waals surface area contributed by atoms with Gasteiger partial charge < -0.3 is 14.6 Å². The number of halogens is 1. The summed E-state index contributed by atoms with van der Waals surface area (Å²) in [6.07, 6.45) is 0.505. The molecule has 1 N–H and O–H groups in total. The van der Waals surface area contributed by atoms with Crippen LogP contribution in [-0.4, -0.2) is 17.7 Å². The van der Waals surface area contributed by atoms with Gasteiger partial charge in [0.1, 0.15) is 18.1 Å². The van der Waals surface area contributed by atoms with Gasteiger partial charge in [0.2, 0.25) is 0 Å². The molecule has 0 spiro atoms. The molecule has 2 aromatic rings. The van der Waals surface area contributed by atoms with Crippen LogP contribution in [0.25, 0.3) is 0 Å². The van der Waals surface area contributed by atoms with Crippen molar-refractivity contribution >= 4 is 17.6 Å². The predicted octanol–water partition coefficient (Wildman–Crippen LogP) is 4.10. The lowest BCUT2D eigenvalue weighted by atomic mass is 10.0. The third-order valence-electron chi connectivity index (χ3n) is 3.29. The van der Waals surface area contributed by atoms with Crippen LogP contribution in [0.1, 0.15) is 30.5 Å². The standard InChI is InChI=1S/C18H19ClO4/c1-3-22-15-6-4-13(5-7-15)8-16-17(19)9-14(10-18(16)21)11-23-12(2)20/h4-7,9-10,21H,3,8,11H2,1-2H3. The molecule has 2 rings (SSSR count). The molecule has 5 heteroatoms. The molecule has 0 unspecified atom stereocenters. The number of benzene rings is 2. The fourth-order valence-corrected chi connectivity index (χ4v) is 2.50.